The number of nitrogens with two attached hydrogens (primary N) is 1. The minimum absolute atomic E-state index is 0. The molecular weight excluding hydrogens is 505 g/mol. The van der Waals surface area contributed by atoms with Gasteiger partial charge >= 0.3 is 0 Å². The molecule has 0 unspecified atom stereocenters. The molecule has 1 aliphatic rings. The summed E-state index contributed by atoms with van der Waals surface area (Å²) in [4.78, 5) is 37.0. The number of aromatic amines is 1. The number of ether oxygens (including phenoxy) is 1. The normalized spacial score (nSPS) is 13.8. The van der Waals surface area contributed by atoms with Gasteiger partial charge in [0.05, 0.1) is 11.0 Å². The quantitative estimate of drug-likeness (QED) is 0.300. The second kappa shape index (κ2) is 10.6. The molecule has 2 aromatic heterocycles. The number of nitrogens with zero attached hydrogens (tertiary/aromatic N) is 3. The van der Waals surface area contributed by atoms with Crippen molar-refractivity contribution in [2.75, 3.05) is 18.4 Å². The maximum Gasteiger partial charge on any atom is 0.276 e. The number of rotatable bonds is 6. The number of hydrogen-bond acceptors (Lipinski definition) is 6. The first-order valence-corrected chi connectivity index (χ1v) is 11.6. The zero-order valence-corrected chi connectivity index (χ0v) is 20.9. The average Bonchev–Trinajstić information content (AvgIpc) is 3.45. The molecule has 2 amide bonds. The number of imidazole rings is 2. The number of carbonyl (C=O) groups excluding carboxylic acids is 2. The maximum absolute atomic E-state index is 13.1. The fourth-order valence-electron chi connectivity index (χ4n) is 4.13. The van der Waals surface area contributed by atoms with Crippen LogP contribution in [0.3, 0.4) is 0 Å². The van der Waals surface area contributed by atoms with Gasteiger partial charge in [0.1, 0.15) is 23.9 Å². The van der Waals surface area contributed by atoms with Crippen molar-refractivity contribution >= 4 is 52.5 Å². The lowest BCUT2D eigenvalue weighted by Gasteiger charge is -2.24. The van der Waals surface area contributed by atoms with Gasteiger partial charge in [0.15, 0.2) is 5.69 Å². The number of carbonyl (C=O) groups is 2. The van der Waals surface area contributed by atoms with Crippen LogP contribution in [0.1, 0.15) is 39.4 Å². The number of amides is 2. The third-order valence-corrected chi connectivity index (χ3v) is 6.15. The predicted octanol–water partition coefficient (Wildman–Crippen LogP) is 3.61. The molecule has 0 aliphatic carbocycles. The van der Waals surface area contributed by atoms with Crippen molar-refractivity contribution in [1.82, 2.24) is 24.8 Å². The van der Waals surface area contributed by atoms with Gasteiger partial charge in [0, 0.05) is 10.7 Å². The van der Waals surface area contributed by atoms with Gasteiger partial charge < -0.3 is 26.1 Å². The molecule has 0 atom stereocenters. The first-order chi connectivity index (χ1) is 16.9. The fourth-order valence-corrected chi connectivity index (χ4v) is 4.30. The van der Waals surface area contributed by atoms with Crippen LogP contribution in [0, 0.1) is 6.92 Å². The zero-order chi connectivity index (χ0) is 24.5. The van der Waals surface area contributed by atoms with Crippen molar-refractivity contribution in [3.63, 3.8) is 0 Å². The number of benzene rings is 2. The Morgan fingerprint density at radius 3 is 2.69 bits per heavy atom. The van der Waals surface area contributed by atoms with E-state index in [4.69, 9.17) is 22.1 Å². The van der Waals surface area contributed by atoms with Crippen molar-refractivity contribution in [2.24, 2.45) is 5.73 Å². The fraction of sp³-hybridized carbons (Fsp3) is 0.250. The smallest absolute Gasteiger partial charge is 0.276 e. The monoisotopic (exact) mass is 529 g/mol. The molecule has 0 bridgehead atoms. The van der Waals surface area contributed by atoms with Gasteiger partial charge in [0.2, 0.25) is 5.95 Å². The van der Waals surface area contributed by atoms with Gasteiger partial charge in [0.25, 0.3) is 11.8 Å². The highest BCUT2D eigenvalue weighted by Gasteiger charge is 2.25. The second-order valence-corrected chi connectivity index (χ2v) is 8.83. The Hall–Kier alpha value is -3.60. The van der Waals surface area contributed by atoms with E-state index in [0.29, 0.717) is 27.7 Å². The molecule has 5 rings (SSSR count). The Kier molecular flexibility index (Phi) is 7.48. The van der Waals surface area contributed by atoms with Crippen LogP contribution >= 0.6 is 24.0 Å². The van der Waals surface area contributed by atoms with Crippen molar-refractivity contribution in [3.05, 3.63) is 64.7 Å². The molecule has 0 saturated carbocycles. The number of halogens is 2. The molecule has 10 nitrogen and oxygen atoms in total. The predicted molar refractivity (Wildman–Crippen MR) is 140 cm³/mol. The summed E-state index contributed by atoms with van der Waals surface area (Å²) in [6.07, 6.45) is 3.41. The summed E-state index contributed by atoms with van der Waals surface area (Å²) in [7, 11) is 0. The Labute approximate surface area is 218 Å². The minimum Gasteiger partial charge on any atom is -0.490 e. The molecule has 0 radical (unpaired) electrons. The number of anilines is 1. The van der Waals surface area contributed by atoms with Crippen LogP contribution in [0.5, 0.6) is 5.75 Å². The van der Waals surface area contributed by atoms with Crippen molar-refractivity contribution in [3.8, 4) is 11.7 Å². The molecule has 188 valence electrons. The molecule has 0 spiro atoms. The highest BCUT2D eigenvalue weighted by Crippen LogP contribution is 2.25. The van der Waals surface area contributed by atoms with Gasteiger partial charge in [-0.05, 0) is 74.8 Å². The lowest BCUT2D eigenvalue weighted by molar-refractivity contribution is 0.0970. The van der Waals surface area contributed by atoms with Crippen LogP contribution in [0.4, 0.5) is 5.69 Å². The van der Waals surface area contributed by atoms with Crippen LogP contribution in [-0.4, -0.2) is 50.5 Å². The molecule has 3 heterocycles. The third-order valence-electron chi connectivity index (χ3n) is 5.91. The number of piperidine rings is 1. The summed E-state index contributed by atoms with van der Waals surface area (Å²) >= 11 is 6.05. The van der Waals surface area contributed by atoms with Crippen LogP contribution in [0.2, 0.25) is 5.02 Å². The van der Waals surface area contributed by atoms with Crippen LogP contribution in [0.15, 0.2) is 42.7 Å². The number of hydrogen-bond donors (Lipinski definition) is 4. The van der Waals surface area contributed by atoms with Gasteiger partial charge in [-0.15, -0.1) is 12.4 Å². The van der Waals surface area contributed by atoms with E-state index in [1.165, 1.54) is 10.9 Å². The topological polar surface area (TPSA) is 140 Å². The number of fused-ring (bicyclic) bond motifs is 1. The van der Waals surface area contributed by atoms with Gasteiger partial charge in [-0.2, -0.15) is 0 Å². The highest BCUT2D eigenvalue weighted by molar-refractivity contribution is 6.31. The average molecular weight is 530 g/mol. The largest absolute Gasteiger partial charge is 0.490 e. The number of primary amides is 1. The molecular formula is C24H25Cl2N7O3. The first kappa shape index (κ1) is 25.5. The van der Waals surface area contributed by atoms with Crippen LogP contribution in [-0.2, 0) is 0 Å². The summed E-state index contributed by atoms with van der Waals surface area (Å²) in [6, 6.07) is 10.6. The Morgan fingerprint density at radius 1 is 1.19 bits per heavy atom. The summed E-state index contributed by atoms with van der Waals surface area (Å²) in [5, 5.41) is 6.67. The molecule has 1 aliphatic heterocycles. The Balaban J connectivity index is 0.00000304. The summed E-state index contributed by atoms with van der Waals surface area (Å²) in [6.45, 7) is 3.75. The third kappa shape index (κ3) is 5.15. The lowest BCUT2D eigenvalue weighted by atomic mass is 10.1. The molecule has 1 saturated heterocycles. The van der Waals surface area contributed by atoms with Gasteiger partial charge in [-0.3, -0.25) is 14.2 Å². The van der Waals surface area contributed by atoms with Crippen molar-refractivity contribution < 1.29 is 14.3 Å². The summed E-state index contributed by atoms with van der Waals surface area (Å²) < 4.78 is 7.42. The van der Waals surface area contributed by atoms with E-state index in [1.807, 2.05) is 19.1 Å². The van der Waals surface area contributed by atoms with Gasteiger partial charge in [-0.25, -0.2) is 9.97 Å². The lowest BCUT2D eigenvalue weighted by Crippen LogP contribution is -2.34. The summed E-state index contributed by atoms with van der Waals surface area (Å²) in [5.41, 5.74) is 8.14. The molecule has 36 heavy (non-hydrogen) atoms. The maximum atomic E-state index is 13.1. The number of aryl methyl sites for hydroxylation is 1. The van der Waals surface area contributed by atoms with E-state index in [-0.39, 0.29) is 29.9 Å². The van der Waals surface area contributed by atoms with Crippen LogP contribution < -0.4 is 21.1 Å². The van der Waals surface area contributed by atoms with Crippen molar-refractivity contribution in [2.45, 2.75) is 25.9 Å². The minimum atomic E-state index is -0.811. The number of nitrogens with one attached hydrogen (secondary N) is 3. The van der Waals surface area contributed by atoms with E-state index in [0.717, 1.165) is 37.2 Å². The van der Waals surface area contributed by atoms with Crippen molar-refractivity contribution in [1.29, 1.82) is 0 Å². The van der Waals surface area contributed by atoms with E-state index >= 15 is 0 Å². The number of aromatic nitrogens is 4. The standard InChI is InChI=1S/C24H24ClN7O3.ClH/c1-13-10-16(35-15-6-8-27-9-7-15)3-5-17(13)29-23(34)20-21(22(26)33)32(12-28-20)24-30-18-4-2-14(25)11-19(18)31-24;/h2-5,10-12,15,27H,6-9H2,1H3,(H2,26,33)(H,29,34)(H,30,31);1H. The molecule has 5 N–H and O–H groups in total. The SMILES string of the molecule is Cc1cc(OC2CCNCC2)ccc1NC(=O)c1ncn(-c2nc3ccc(Cl)cc3[nH]2)c1C(N)=O.Cl. The highest BCUT2D eigenvalue weighted by atomic mass is 35.5. The Bertz CT molecular complexity index is 1430. The first-order valence-electron chi connectivity index (χ1n) is 11.2. The van der Waals surface area contributed by atoms with Gasteiger partial charge in [-0.1, -0.05) is 11.6 Å². The summed E-state index contributed by atoms with van der Waals surface area (Å²) in [5.74, 6) is -0.335. The van der Waals surface area contributed by atoms with Crippen LogP contribution in [0.25, 0.3) is 17.0 Å². The molecule has 4 aromatic rings. The molecule has 1 fully saturated rings. The molecule has 2 aromatic carbocycles. The van der Waals surface area contributed by atoms with E-state index in [9.17, 15) is 9.59 Å². The van der Waals surface area contributed by atoms with E-state index in [1.54, 1.807) is 24.3 Å². The number of H-pyrrole nitrogens is 1. The zero-order valence-electron chi connectivity index (χ0n) is 19.4. The van der Waals surface area contributed by atoms with E-state index < -0.39 is 11.8 Å². The van der Waals surface area contributed by atoms with E-state index in [2.05, 4.69) is 25.6 Å². The second-order valence-electron chi connectivity index (χ2n) is 8.40. The Morgan fingerprint density at radius 2 is 1.97 bits per heavy atom. The molecule has 12 heteroatoms.